The zero-order chi connectivity index (χ0) is 17.4. The van der Waals surface area contributed by atoms with E-state index in [0.29, 0.717) is 5.82 Å². The van der Waals surface area contributed by atoms with Gasteiger partial charge in [0.25, 0.3) is 0 Å². The minimum Gasteiger partial charge on any atom is -0.369 e. The third-order valence-electron chi connectivity index (χ3n) is 5.10. The van der Waals surface area contributed by atoms with Crippen LogP contribution in [-0.4, -0.2) is 15.9 Å². The van der Waals surface area contributed by atoms with E-state index < -0.39 is 5.41 Å². The fraction of sp³-hybridized carbons (Fsp3) is 0.190. The maximum absolute atomic E-state index is 12.7. The number of amides is 1. The number of nitrogens with zero attached hydrogens (tertiary/aromatic N) is 2. The lowest BCUT2D eigenvalue weighted by Crippen LogP contribution is -2.33. The van der Waals surface area contributed by atoms with Crippen LogP contribution in [0.4, 0.5) is 0 Å². The largest absolute Gasteiger partial charge is 0.369 e. The van der Waals surface area contributed by atoms with E-state index in [0.717, 1.165) is 16.8 Å². The Balaban J connectivity index is 1.92. The summed E-state index contributed by atoms with van der Waals surface area (Å²) in [6.07, 6.45) is 1.70. The molecule has 0 bridgehead atoms. The van der Waals surface area contributed by atoms with Crippen LogP contribution in [0.2, 0.25) is 0 Å². The number of primary amides is 1. The van der Waals surface area contributed by atoms with Gasteiger partial charge in [-0.05, 0) is 24.1 Å². The SMILES string of the molecule is Cc1ccnc(C2(C(N)=O)C(c3ccccc3)C2c2ccccc2)n1. The fourth-order valence-corrected chi connectivity index (χ4v) is 3.96. The Morgan fingerprint density at radius 1 is 0.920 bits per heavy atom. The maximum Gasteiger partial charge on any atom is 0.232 e. The van der Waals surface area contributed by atoms with E-state index >= 15 is 0 Å². The number of hydrogen-bond donors (Lipinski definition) is 1. The lowest BCUT2D eigenvalue weighted by molar-refractivity contribution is -0.120. The van der Waals surface area contributed by atoms with E-state index in [4.69, 9.17) is 5.73 Å². The van der Waals surface area contributed by atoms with Gasteiger partial charge in [0.2, 0.25) is 5.91 Å². The van der Waals surface area contributed by atoms with E-state index in [1.165, 1.54) is 0 Å². The summed E-state index contributed by atoms with van der Waals surface area (Å²) >= 11 is 0. The van der Waals surface area contributed by atoms with Crippen LogP contribution >= 0.6 is 0 Å². The van der Waals surface area contributed by atoms with E-state index in [1.54, 1.807) is 6.20 Å². The van der Waals surface area contributed by atoms with Gasteiger partial charge in [0.05, 0.1) is 0 Å². The normalized spacial score (nSPS) is 24.7. The van der Waals surface area contributed by atoms with Crippen LogP contribution in [-0.2, 0) is 10.2 Å². The van der Waals surface area contributed by atoms with Crippen molar-refractivity contribution in [2.75, 3.05) is 0 Å². The Labute approximate surface area is 146 Å². The molecule has 0 saturated heterocycles. The predicted molar refractivity (Wildman–Crippen MR) is 96.0 cm³/mol. The van der Waals surface area contributed by atoms with Gasteiger partial charge in [-0.15, -0.1) is 0 Å². The first-order valence-electron chi connectivity index (χ1n) is 8.35. The molecule has 2 unspecified atom stereocenters. The number of benzene rings is 2. The summed E-state index contributed by atoms with van der Waals surface area (Å²) in [4.78, 5) is 21.7. The number of rotatable bonds is 4. The molecule has 2 aromatic carbocycles. The summed E-state index contributed by atoms with van der Waals surface area (Å²) in [5.74, 6) is 0.0225. The monoisotopic (exact) mass is 329 g/mol. The smallest absolute Gasteiger partial charge is 0.232 e. The number of carbonyl (C=O) groups is 1. The van der Waals surface area contributed by atoms with Gasteiger partial charge >= 0.3 is 0 Å². The Kier molecular flexibility index (Phi) is 3.61. The van der Waals surface area contributed by atoms with Gasteiger partial charge < -0.3 is 5.73 Å². The molecule has 3 aromatic rings. The third kappa shape index (κ3) is 2.33. The van der Waals surface area contributed by atoms with Crippen molar-refractivity contribution in [2.45, 2.75) is 24.2 Å². The second kappa shape index (κ2) is 5.81. The fourth-order valence-electron chi connectivity index (χ4n) is 3.96. The van der Waals surface area contributed by atoms with Gasteiger partial charge in [0, 0.05) is 23.7 Å². The van der Waals surface area contributed by atoms with Gasteiger partial charge in [0.15, 0.2) is 0 Å². The molecule has 1 aromatic heterocycles. The van der Waals surface area contributed by atoms with Gasteiger partial charge in [-0.3, -0.25) is 4.79 Å². The molecule has 0 spiro atoms. The van der Waals surface area contributed by atoms with Crippen LogP contribution in [0.15, 0.2) is 72.9 Å². The summed E-state index contributed by atoms with van der Waals surface area (Å²) < 4.78 is 0. The van der Waals surface area contributed by atoms with E-state index in [2.05, 4.69) is 9.97 Å². The molecule has 2 N–H and O–H groups in total. The molecule has 4 nitrogen and oxygen atoms in total. The minimum absolute atomic E-state index is 0.0598. The average Bonchev–Trinajstić information content (AvgIpc) is 3.35. The molecule has 1 heterocycles. The number of aryl methyl sites for hydroxylation is 1. The van der Waals surface area contributed by atoms with Crippen molar-refractivity contribution in [1.29, 1.82) is 0 Å². The second-order valence-electron chi connectivity index (χ2n) is 6.53. The van der Waals surface area contributed by atoms with Crippen LogP contribution in [0.25, 0.3) is 0 Å². The highest BCUT2D eigenvalue weighted by atomic mass is 16.1. The van der Waals surface area contributed by atoms with E-state index in [-0.39, 0.29) is 17.7 Å². The van der Waals surface area contributed by atoms with Crippen LogP contribution in [0.1, 0.15) is 34.5 Å². The van der Waals surface area contributed by atoms with Gasteiger partial charge in [0.1, 0.15) is 11.2 Å². The van der Waals surface area contributed by atoms with E-state index in [9.17, 15) is 4.79 Å². The zero-order valence-electron chi connectivity index (χ0n) is 14.0. The lowest BCUT2D eigenvalue weighted by atomic mass is 9.95. The molecule has 2 atom stereocenters. The molecule has 4 rings (SSSR count). The highest BCUT2D eigenvalue weighted by Crippen LogP contribution is 2.69. The highest BCUT2D eigenvalue weighted by Gasteiger charge is 2.72. The average molecular weight is 329 g/mol. The van der Waals surface area contributed by atoms with Gasteiger partial charge in [-0.1, -0.05) is 60.7 Å². The number of carbonyl (C=O) groups excluding carboxylic acids is 1. The molecular weight excluding hydrogens is 310 g/mol. The predicted octanol–water partition coefficient (Wildman–Crippen LogP) is 3.09. The molecule has 1 aliphatic carbocycles. The van der Waals surface area contributed by atoms with Crippen molar-refractivity contribution in [1.82, 2.24) is 9.97 Å². The Bertz CT molecular complexity index is 863. The quantitative estimate of drug-likeness (QED) is 0.800. The lowest BCUT2D eigenvalue weighted by Gasteiger charge is -2.14. The molecule has 1 amide bonds. The molecule has 1 aliphatic rings. The number of hydrogen-bond acceptors (Lipinski definition) is 3. The molecule has 1 fully saturated rings. The van der Waals surface area contributed by atoms with Crippen molar-refractivity contribution in [3.05, 3.63) is 95.6 Å². The Hall–Kier alpha value is -3.01. The standard InChI is InChI=1S/C21H19N3O/c1-14-12-13-23-20(24-14)21(19(22)25)17(15-8-4-2-5-9-15)18(21)16-10-6-3-7-11-16/h2-13,17-18H,1H3,(H2,22,25). The van der Waals surface area contributed by atoms with Crippen molar-refractivity contribution < 1.29 is 4.79 Å². The summed E-state index contributed by atoms with van der Waals surface area (Å²) in [6.45, 7) is 1.90. The zero-order valence-corrected chi connectivity index (χ0v) is 14.0. The van der Waals surface area contributed by atoms with Crippen LogP contribution < -0.4 is 5.73 Å². The summed E-state index contributed by atoms with van der Waals surface area (Å²) in [6, 6.07) is 21.9. The molecule has 4 heteroatoms. The van der Waals surface area contributed by atoms with Gasteiger partial charge in [-0.2, -0.15) is 0 Å². The molecule has 1 saturated carbocycles. The second-order valence-corrected chi connectivity index (χ2v) is 6.53. The van der Waals surface area contributed by atoms with Crippen molar-refractivity contribution in [3.8, 4) is 0 Å². The van der Waals surface area contributed by atoms with E-state index in [1.807, 2.05) is 73.7 Å². The van der Waals surface area contributed by atoms with Crippen molar-refractivity contribution in [2.24, 2.45) is 5.73 Å². The summed E-state index contributed by atoms with van der Waals surface area (Å²) in [5.41, 5.74) is 8.04. The number of aromatic nitrogens is 2. The molecule has 0 radical (unpaired) electrons. The van der Waals surface area contributed by atoms with Crippen LogP contribution in [0, 0.1) is 6.92 Å². The van der Waals surface area contributed by atoms with Crippen molar-refractivity contribution >= 4 is 5.91 Å². The van der Waals surface area contributed by atoms with Gasteiger partial charge in [-0.25, -0.2) is 9.97 Å². The van der Waals surface area contributed by atoms with Crippen molar-refractivity contribution in [3.63, 3.8) is 0 Å². The van der Waals surface area contributed by atoms with Crippen LogP contribution in [0.5, 0.6) is 0 Å². The molecule has 124 valence electrons. The Morgan fingerprint density at radius 2 is 1.44 bits per heavy atom. The third-order valence-corrected chi connectivity index (χ3v) is 5.10. The first-order valence-corrected chi connectivity index (χ1v) is 8.35. The Morgan fingerprint density at radius 3 is 1.88 bits per heavy atom. The highest BCUT2D eigenvalue weighted by molar-refractivity contribution is 5.94. The molecular formula is C21H19N3O. The molecule has 25 heavy (non-hydrogen) atoms. The van der Waals surface area contributed by atoms with Crippen LogP contribution in [0.3, 0.4) is 0 Å². The minimum atomic E-state index is -0.908. The first-order chi connectivity index (χ1) is 12.2. The first kappa shape index (κ1) is 15.5. The molecule has 0 aliphatic heterocycles. The maximum atomic E-state index is 12.7. The topological polar surface area (TPSA) is 68.9 Å². The number of nitrogens with two attached hydrogens (primary N) is 1. The summed E-state index contributed by atoms with van der Waals surface area (Å²) in [5, 5.41) is 0. The summed E-state index contributed by atoms with van der Waals surface area (Å²) in [7, 11) is 0.